The van der Waals surface area contributed by atoms with Gasteiger partial charge >= 0.3 is 12.1 Å². The van der Waals surface area contributed by atoms with E-state index in [2.05, 4.69) is 0 Å². The summed E-state index contributed by atoms with van der Waals surface area (Å²) < 4.78 is 38.4. The van der Waals surface area contributed by atoms with Gasteiger partial charge in [-0.15, -0.1) is 0 Å². The molecule has 0 radical (unpaired) electrons. The lowest BCUT2D eigenvalue weighted by atomic mass is 9.94. The predicted molar refractivity (Wildman–Crippen MR) is 72.7 cm³/mol. The number of carboxylic acid groups (broad SMARTS) is 1. The molecule has 0 unspecified atom stereocenters. The number of alkyl halides is 3. The van der Waals surface area contributed by atoms with Crippen LogP contribution >= 0.6 is 0 Å². The van der Waals surface area contributed by atoms with Gasteiger partial charge in [-0.25, -0.2) is 0 Å². The van der Waals surface area contributed by atoms with Crippen molar-refractivity contribution in [3.8, 4) is 0 Å². The Hall–Kier alpha value is -2.63. The number of hydrogen-bond donors (Lipinski definition) is 1. The standard InChI is InChI=1S/C16H11F3O3/c17-16(18,19)12-7-6-11(8-14(20)21)13(9-12)15(22)10-4-2-1-3-5-10/h1-7,9H,8H2,(H,20,21). The maximum atomic E-state index is 12.8. The van der Waals surface area contributed by atoms with E-state index in [1.807, 2.05) is 0 Å². The Labute approximate surface area is 124 Å². The second-order valence-electron chi connectivity index (χ2n) is 4.64. The molecule has 3 nitrogen and oxygen atoms in total. The summed E-state index contributed by atoms with van der Waals surface area (Å²) in [5, 5.41) is 8.84. The molecule has 0 amide bonds. The van der Waals surface area contributed by atoms with Crippen LogP contribution in [0.2, 0.25) is 0 Å². The number of rotatable bonds is 4. The summed E-state index contributed by atoms with van der Waals surface area (Å²) in [6.45, 7) is 0. The molecule has 114 valence electrons. The maximum Gasteiger partial charge on any atom is 0.416 e. The molecule has 0 heterocycles. The summed E-state index contributed by atoms with van der Waals surface area (Å²) in [7, 11) is 0. The molecule has 0 aliphatic rings. The number of carboxylic acids is 1. The maximum absolute atomic E-state index is 12.8. The van der Waals surface area contributed by atoms with E-state index >= 15 is 0 Å². The molecule has 2 aromatic rings. The molecule has 0 aromatic heterocycles. The van der Waals surface area contributed by atoms with Crippen LogP contribution in [-0.4, -0.2) is 16.9 Å². The van der Waals surface area contributed by atoms with Gasteiger partial charge in [-0.3, -0.25) is 9.59 Å². The highest BCUT2D eigenvalue weighted by atomic mass is 19.4. The van der Waals surface area contributed by atoms with Gasteiger partial charge in [0.25, 0.3) is 0 Å². The number of carbonyl (C=O) groups is 2. The fraction of sp³-hybridized carbons (Fsp3) is 0.125. The highest BCUT2D eigenvalue weighted by molar-refractivity contribution is 6.10. The van der Waals surface area contributed by atoms with Crippen LogP contribution in [0, 0.1) is 0 Å². The molecule has 0 saturated heterocycles. The summed E-state index contributed by atoms with van der Waals surface area (Å²) in [6, 6.07) is 10.3. The smallest absolute Gasteiger partial charge is 0.416 e. The lowest BCUT2D eigenvalue weighted by molar-refractivity contribution is -0.137. The van der Waals surface area contributed by atoms with Crippen LogP contribution in [0.15, 0.2) is 48.5 Å². The SMILES string of the molecule is O=C(O)Cc1ccc(C(F)(F)F)cc1C(=O)c1ccccc1. The Balaban J connectivity index is 2.54. The van der Waals surface area contributed by atoms with Crippen LogP contribution < -0.4 is 0 Å². The third-order valence-corrected chi connectivity index (χ3v) is 3.06. The van der Waals surface area contributed by atoms with Crippen molar-refractivity contribution in [3.63, 3.8) is 0 Å². The number of benzene rings is 2. The van der Waals surface area contributed by atoms with E-state index in [0.717, 1.165) is 12.1 Å². The summed E-state index contributed by atoms with van der Waals surface area (Å²) in [5.74, 6) is -1.86. The average molecular weight is 308 g/mol. The fourth-order valence-electron chi connectivity index (χ4n) is 2.03. The van der Waals surface area contributed by atoms with Crippen LogP contribution in [0.4, 0.5) is 13.2 Å². The largest absolute Gasteiger partial charge is 0.481 e. The van der Waals surface area contributed by atoms with Gasteiger partial charge in [-0.2, -0.15) is 13.2 Å². The van der Waals surface area contributed by atoms with E-state index in [1.165, 1.54) is 12.1 Å². The molecule has 0 saturated carbocycles. The first-order valence-corrected chi connectivity index (χ1v) is 6.30. The fourth-order valence-corrected chi connectivity index (χ4v) is 2.03. The van der Waals surface area contributed by atoms with Gasteiger partial charge in [0.1, 0.15) is 0 Å². The van der Waals surface area contributed by atoms with Crippen molar-refractivity contribution >= 4 is 11.8 Å². The quantitative estimate of drug-likeness (QED) is 0.879. The summed E-state index contributed by atoms with van der Waals surface area (Å²) in [4.78, 5) is 23.2. The highest BCUT2D eigenvalue weighted by Crippen LogP contribution is 2.31. The molecule has 0 spiro atoms. The molecular formula is C16H11F3O3. The number of aliphatic carboxylic acids is 1. The minimum absolute atomic E-state index is 0.0503. The van der Waals surface area contributed by atoms with Crippen molar-refractivity contribution in [2.45, 2.75) is 12.6 Å². The van der Waals surface area contributed by atoms with Gasteiger partial charge in [-0.05, 0) is 17.7 Å². The minimum Gasteiger partial charge on any atom is -0.481 e. The molecule has 6 heteroatoms. The zero-order chi connectivity index (χ0) is 16.3. The third kappa shape index (κ3) is 3.52. The molecule has 1 N–H and O–H groups in total. The molecule has 2 rings (SSSR count). The summed E-state index contributed by atoms with van der Waals surface area (Å²) in [5.41, 5.74) is -0.979. The summed E-state index contributed by atoms with van der Waals surface area (Å²) >= 11 is 0. The monoisotopic (exact) mass is 308 g/mol. The van der Waals surface area contributed by atoms with Gasteiger partial charge in [0, 0.05) is 11.1 Å². The molecule has 22 heavy (non-hydrogen) atoms. The van der Waals surface area contributed by atoms with E-state index in [-0.39, 0.29) is 16.7 Å². The Morgan fingerprint density at radius 1 is 1.00 bits per heavy atom. The van der Waals surface area contributed by atoms with E-state index in [9.17, 15) is 22.8 Å². The van der Waals surface area contributed by atoms with E-state index < -0.39 is 29.9 Å². The van der Waals surface area contributed by atoms with E-state index in [0.29, 0.717) is 6.07 Å². The number of hydrogen-bond acceptors (Lipinski definition) is 2. The van der Waals surface area contributed by atoms with Crippen LogP contribution in [0.1, 0.15) is 27.0 Å². The molecule has 0 fully saturated rings. The second-order valence-corrected chi connectivity index (χ2v) is 4.64. The first-order chi connectivity index (χ1) is 10.3. The van der Waals surface area contributed by atoms with Gasteiger partial charge in [0.15, 0.2) is 5.78 Å². The second kappa shape index (κ2) is 6.01. The van der Waals surface area contributed by atoms with Crippen LogP contribution in [0.25, 0.3) is 0 Å². The first-order valence-electron chi connectivity index (χ1n) is 6.30. The van der Waals surface area contributed by atoms with Gasteiger partial charge in [-0.1, -0.05) is 36.4 Å². The van der Waals surface area contributed by atoms with Crippen molar-refractivity contribution in [3.05, 3.63) is 70.8 Å². The number of halogens is 3. The van der Waals surface area contributed by atoms with Crippen LogP contribution in [-0.2, 0) is 17.4 Å². The average Bonchev–Trinajstić information content (AvgIpc) is 2.46. The van der Waals surface area contributed by atoms with Gasteiger partial charge in [0.2, 0.25) is 0 Å². The zero-order valence-corrected chi connectivity index (χ0v) is 11.2. The predicted octanol–water partition coefficient (Wildman–Crippen LogP) is 3.56. The van der Waals surface area contributed by atoms with Crippen LogP contribution in [0.3, 0.4) is 0 Å². The van der Waals surface area contributed by atoms with Crippen molar-refractivity contribution in [2.75, 3.05) is 0 Å². The lowest BCUT2D eigenvalue weighted by Gasteiger charge is -2.12. The zero-order valence-electron chi connectivity index (χ0n) is 11.2. The van der Waals surface area contributed by atoms with Crippen molar-refractivity contribution in [2.24, 2.45) is 0 Å². The van der Waals surface area contributed by atoms with E-state index in [4.69, 9.17) is 5.11 Å². The first kappa shape index (κ1) is 15.8. The minimum atomic E-state index is -4.60. The van der Waals surface area contributed by atoms with Crippen LogP contribution in [0.5, 0.6) is 0 Å². The van der Waals surface area contributed by atoms with Gasteiger partial charge in [0.05, 0.1) is 12.0 Å². The highest BCUT2D eigenvalue weighted by Gasteiger charge is 2.32. The normalized spacial score (nSPS) is 11.2. The topological polar surface area (TPSA) is 54.4 Å². The Morgan fingerprint density at radius 2 is 1.64 bits per heavy atom. The van der Waals surface area contributed by atoms with E-state index in [1.54, 1.807) is 18.2 Å². The molecule has 0 aliphatic carbocycles. The lowest BCUT2D eigenvalue weighted by Crippen LogP contribution is -2.13. The molecule has 0 bridgehead atoms. The summed E-state index contributed by atoms with van der Waals surface area (Å²) in [6.07, 6.45) is -5.13. The van der Waals surface area contributed by atoms with Crippen molar-refractivity contribution in [1.29, 1.82) is 0 Å². The van der Waals surface area contributed by atoms with Crippen molar-refractivity contribution < 1.29 is 27.9 Å². The Morgan fingerprint density at radius 3 is 2.18 bits per heavy atom. The number of carbonyl (C=O) groups excluding carboxylic acids is 1. The molecular weight excluding hydrogens is 297 g/mol. The Bertz CT molecular complexity index is 706. The van der Waals surface area contributed by atoms with Gasteiger partial charge < -0.3 is 5.11 Å². The molecule has 0 atom stereocenters. The third-order valence-electron chi connectivity index (χ3n) is 3.06. The number of ketones is 1. The molecule has 0 aliphatic heterocycles. The Kier molecular flexibility index (Phi) is 4.30. The molecule has 2 aromatic carbocycles. The van der Waals surface area contributed by atoms with Crippen molar-refractivity contribution in [1.82, 2.24) is 0 Å².